The SMILES string of the molecule is Cc1cc(F)c(Br)cc1NCc1c[nH]c2ccccc12. The van der Waals surface area contributed by atoms with E-state index in [4.69, 9.17) is 0 Å². The molecule has 0 amide bonds. The van der Waals surface area contributed by atoms with Gasteiger partial charge < -0.3 is 10.3 Å². The van der Waals surface area contributed by atoms with Gasteiger partial charge in [-0.3, -0.25) is 0 Å². The summed E-state index contributed by atoms with van der Waals surface area (Å²) >= 11 is 3.22. The third-order valence-electron chi connectivity index (χ3n) is 3.41. The molecule has 0 aliphatic heterocycles. The molecule has 0 aliphatic carbocycles. The lowest BCUT2D eigenvalue weighted by molar-refractivity contribution is 0.620. The summed E-state index contributed by atoms with van der Waals surface area (Å²) in [7, 11) is 0. The van der Waals surface area contributed by atoms with Crippen LogP contribution in [-0.4, -0.2) is 4.98 Å². The minimum absolute atomic E-state index is 0.236. The van der Waals surface area contributed by atoms with Crippen molar-refractivity contribution in [3.63, 3.8) is 0 Å². The fourth-order valence-electron chi connectivity index (χ4n) is 2.31. The number of hydrogen-bond acceptors (Lipinski definition) is 1. The number of nitrogens with one attached hydrogen (secondary N) is 2. The molecule has 2 nitrogen and oxygen atoms in total. The Hall–Kier alpha value is -1.81. The van der Waals surface area contributed by atoms with Crippen molar-refractivity contribution in [2.45, 2.75) is 13.5 Å². The number of hydrogen-bond donors (Lipinski definition) is 2. The fourth-order valence-corrected chi connectivity index (χ4v) is 2.65. The summed E-state index contributed by atoms with van der Waals surface area (Å²) in [4.78, 5) is 3.25. The lowest BCUT2D eigenvalue weighted by Gasteiger charge is -2.10. The van der Waals surface area contributed by atoms with Gasteiger partial charge in [0.1, 0.15) is 5.82 Å². The largest absolute Gasteiger partial charge is 0.381 e. The van der Waals surface area contributed by atoms with E-state index in [9.17, 15) is 4.39 Å². The Bertz CT molecular complexity index is 764. The zero-order chi connectivity index (χ0) is 14.1. The number of benzene rings is 2. The molecule has 0 saturated heterocycles. The predicted octanol–water partition coefficient (Wildman–Crippen LogP) is 4.99. The molecule has 102 valence electrons. The molecule has 1 aromatic heterocycles. The number of para-hydroxylation sites is 1. The summed E-state index contributed by atoms with van der Waals surface area (Å²) in [5.41, 5.74) is 4.15. The molecular formula is C16H14BrFN2. The Morgan fingerprint density at radius 1 is 1.25 bits per heavy atom. The molecule has 3 aromatic rings. The third-order valence-corrected chi connectivity index (χ3v) is 4.02. The van der Waals surface area contributed by atoms with Crippen molar-refractivity contribution >= 4 is 32.5 Å². The van der Waals surface area contributed by atoms with E-state index in [0.717, 1.165) is 16.8 Å². The molecule has 4 heteroatoms. The van der Waals surface area contributed by atoms with Crippen molar-refractivity contribution < 1.29 is 4.39 Å². The van der Waals surface area contributed by atoms with Crippen LogP contribution in [-0.2, 0) is 6.54 Å². The topological polar surface area (TPSA) is 27.8 Å². The van der Waals surface area contributed by atoms with Crippen LogP contribution >= 0.6 is 15.9 Å². The Balaban J connectivity index is 1.85. The molecule has 20 heavy (non-hydrogen) atoms. The van der Waals surface area contributed by atoms with Gasteiger partial charge in [0, 0.05) is 29.3 Å². The van der Waals surface area contributed by atoms with Crippen LogP contribution in [0.1, 0.15) is 11.1 Å². The molecule has 2 N–H and O–H groups in total. The minimum Gasteiger partial charge on any atom is -0.381 e. The number of aromatic amines is 1. The van der Waals surface area contributed by atoms with Crippen LogP contribution in [0.3, 0.4) is 0 Å². The zero-order valence-electron chi connectivity index (χ0n) is 11.0. The summed E-state index contributed by atoms with van der Waals surface area (Å²) in [6, 6.07) is 11.5. The number of aryl methyl sites for hydroxylation is 1. The van der Waals surface area contributed by atoms with E-state index < -0.39 is 0 Å². The van der Waals surface area contributed by atoms with Crippen molar-refractivity contribution in [3.8, 4) is 0 Å². The molecule has 3 rings (SSSR count). The van der Waals surface area contributed by atoms with Gasteiger partial charge in [-0.05, 0) is 52.2 Å². The lowest BCUT2D eigenvalue weighted by atomic mass is 10.1. The summed E-state index contributed by atoms with van der Waals surface area (Å²) in [6.45, 7) is 2.59. The highest BCUT2D eigenvalue weighted by Gasteiger charge is 2.07. The summed E-state index contributed by atoms with van der Waals surface area (Å²) < 4.78 is 13.9. The normalized spacial score (nSPS) is 10.9. The van der Waals surface area contributed by atoms with Gasteiger partial charge in [-0.2, -0.15) is 0 Å². The van der Waals surface area contributed by atoms with Crippen molar-refractivity contribution in [2.75, 3.05) is 5.32 Å². The van der Waals surface area contributed by atoms with E-state index in [0.29, 0.717) is 11.0 Å². The van der Waals surface area contributed by atoms with E-state index in [1.165, 1.54) is 17.0 Å². The molecule has 0 fully saturated rings. The molecule has 0 atom stereocenters. The number of aromatic nitrogens is 1. The summed E-state index contributed by atoms with van der Waals surface area (Å²) in [5, 5.41) is 4.57. The number of rotatable bonds is 3. The summed E-state index contributed by atoms with van der Waals surface area (Å²) in [5.74, 6) is -0.236. The van der Waals surface area contributed by atoms with Crippen LogP contribution in [0.2, 0.25) is 0 Å². The minimum atomic E-state index is -0.236. The van der Waals surface area contributed by atoms with Crippen LogP contribution in [0.5, 0.6) is 0 Å². The number of H-pyrrole nitrogens is 1. The lowest BCUT2D eigenvalue weighted by Crippen LogP contribution is -2.01. The van der Waals surface area contributed by atoms with Gasteiger partial charge in [-0.25, -0.2) is 4.39 Å². The predicted molar refractivity (Wildman–Crippen MR) is 84.5 cm³/mol. The first-order valence-electron chi connectivity index (χ1n) is 6.39. The van der Waals surface area contributed by atoms with E-state index in [-0.39, 0.29) is 5.82 Å². The van der Waals surface area contributed by atoms with Crippen LogP contribution < -0.4 is 5.32 Å². The quantitative estimate of drug-likeness (QED) is 0.694. The highest BCUT2D eigenvalue weighted by Crippen LogP contribution is 2.25. The van der Waals surface area contributed by atoms with Crippen molar-refractivity contribution in [3.05, 3.63) is 64.0 Å². The van der Waals surface area contributed by atoms with Crippen LogP contribution in [0.15, 0.2) is 47.1 Å². The Morgan fingerprint density at radius 3 is 2.90 bits per heavy atom. The first kappa shape index (κ1) is 13.2. The maximum Gasteiger partial charge on any atom is 0.137 e. The first-order valence-corrected chi connectivity index (χ1v) is 7.19. The van der Waals surface area contributed by atoms with Crippen molar-refractivity contribution in [1.82, 2.24) is 4.98 Å². The van der Waals surface area contributed by atoms with Gasteiger partial charge >= 0.3 is 0 Å². The average Bonchev–Trinajstić information content (AvgIpc) is 2.85. The maximum absolute atomic E-state index is 13.4. The molecule has 0 spiro atoms. The zero-order valence-corrected chi connectivity index (χ0v) is 12.6. The number of halogens is 2. The van der Waals surface area contributed by atoms with E-state index >= 15 is 0 Å². The van der Waals surface area contributed by atoms with Crippen LogP contribution in [0.4, 0.5) is 10.1 Å². The Morgan fingerprint density at radius 2 is 2.05 bits per heavy atom. The van der Waals surface area contributed by atoms with Gasteiger partial charge in [-0.15, -0.1) is 0 Å². The van der Waals surface area contributed by atoms with E-state index in [1.54, 1.807) is 6.07 Å². The maximum atomic E-state index is 13.4. The average molecular weight is 333 g/mol. The monoisotopic (exact) mass is 332 g/mol. The molecular weight excluding hydrogens is 319 g/mol. The van der Waals surface area contributed by atoms with Crippen LogP contribution in [0, 0.1) is 12.7 Å². The second-order valence-electron chi connectivity index (χ2n) is 4.79. The van der Waals surface area contributed by atoms with Crippen molar-refractivity contribution in [1.29, 1.82) is 0 Å². The first-order chi connectivity index (χ1) is 9.65. The standard InChI is InChI=1S/C16H14BrFN2/c1-10-6-14(18)13(17)7-16(10)20-9-11-8-19-15-5-3-2-4-12(11)15/h2-8,19-20H,9H2,1H3. The second kappa shape index (κ2) is 5.29. The Kier molecular flexibility index (Phi) is 3.49. The third kappa shape index (κ3) is 2.43. The number of fused-ring (bicyclic) bond motifs is 1. The summed E-state index contributed by atoms with van der Waals surface area (Å²) in [6.07, 6.45) is 2.01. The number of anilines is 1. The van der Waals surface area contributed by atoms with E-state index in [1.807, 2.05) is 25.3 Å². The van der Waals surface area contributed by atoms with Crippen LogP contribution in [0.25, 0.3) is 10.9 Å². The van der Waals surface area contributed by atoms with Gasteiger partial charge in [0.25, 0.3) is 0 Å². The Labute approximate surface area is 125 Å². The molecule has 0 aliphatic rings. The molecule has 2 aromatic carbocycles. The van der Waals surface area contributed by atoms with Gasteiger partial charge in [0.05, 0.1) is 4.47 Å². The highest BCUT2D eigenvalue weighted by molar-refractivity contribution is 9.10. The highest BCUT2D eigenvalue weighted by atomic mass is 79.9. The van der Waals surface area contributed by atoms with Gasteiger partial charge in [0.15, 0.2) is 0 Å². The smallest absolute Gasteiger partial charge is 0.137 e. The second-order valence-corrected chi connectivity index (χ2v) is 5.65. The molecule has 0 unspecified atom stereocenters. The van der Waals surface area contributed by atoms with Gasteiger partial charge in [-0.1, -0.05) is 18.2 Å². The molecule has 1 heterocycles. The van der Waals surface area contributed by atoms with Gasteiger partial charge in [0.2, 0.25) is 0 Å². The molecule has 0 saturated carbocycles. The fraction of sp³-hybridized carbons (Fsp3) is 0.125. The molecule has 0 bridgehead atoms. The van der Waals surface area contributed by atoms with Crippen molar-refractivity contribution in [2.24, 2.45) is 0 Å². The van der Waals surface area contributed by atoms with E-state index in [2.05, 4.69) is 38.4 Å². The molecule has 0 radical (unpaired) electrons.